The lowest BCUT2D eigenvalue weighted by Crippen LogP contribution is -2.58. The van der Waals surface area contributed by atoms with Gasteiger partial charge in [-0.15, -0.1) is 0 Å². The van der Waals surface area contributed by atoms with Crippen molar-refractivity contribution in [2.75, 3.05) is 32.8 Å². The van der Waals surface area contributed by atoms with Gasteiger partial charge in [0, 0.05) is 37.2 Å². The van der Waals surface area contributed by atoms with Crippen LogP contribution in [0.25, 0.3) is 0 Å². The van der Waals surface area contributed by atoms with E-state index in [1.54, 1.807) is 4.90 Å². The minimum atomic E-state index is -4.37. The summed E-state index contributed by atoms with van der Waals surface area (Å²) in [6.45, 7) is 5.23. The van der Waals surface area contributed by atoms with Gasteiger partial charge in [0.15, 0.2) is 0 Å². The summed E-state index contributed by atoms with van der Waals surface area (Å²) >= 11 is 0. The van der Waals surface area contributed by atoms with Crippen LogP contribution in [0.15, 0.2) is 30.3 Å². The number of likely N-dealkylation sites (tertiary alicyclic amines) is 1. The number of benzene rings is 1. The molecule has 9 heteroatoms. The molecule has 1 amide bonds. The number of rotatable bonds is 6. The number of H-pyrrole nitrogens is 1. The third-order valence-electron chi connectivity index (χ3n) is 6.48. The molecule has 3 unspecified atom stereocenters. The standard InChI is InChI=1S/C23H29F3N4O2/c1-2-3-19-13-21(28-27-19)20-12-17(16-4-6-18(7-5-16)23(24,25)26)14-30(15-31)22(20)29-8-10-32-11-9-29/h4-7,13,15,17,20,22H,2-3,8-12,14H2,1H3,(H,27,28). The molecular weight excluding hydrogens is 421 g/mol. The van der Waals surface area contributed by atoms with Gasteiger partial charge in [-0.05, 0) is 36.6 Å². The van der Waals surface area contributed by atoms with E-state index in [1.165, 1.54) is 12.1 Å². The van der Waals surface area contributed by atoms with Crippen LogP contribution in [0.5, 0.6) is 0 Å². The Balaban J connectivity index is 1.65. The summed E-state index contributed by atoms with van der Waals surface area (Å²) in [6.07, 6.45) is -1.07. The molecule has 0 bridgehead atoms. The second-order valence-corrected chi connectivity index (χ2v) is 8.59. The summed E-state index contributed by atoms with van der Waals surface area (Å²) < 4.78 is 44.5. The first-order valence-electron chi connectivity index (χ1n) is 11.1. The van der Waals surface area contributed by atoms with Crippen molar-refractivity contribution in [3.63, 3.8) is 0 Å². The third kappa shape index (κ3) is 4.83. The molecule has 0 aliphatic carbocycles. The monoisotopic (exact) mass is 450 g/mol. The maximum atomic E-state index is 13.0. The van der Waals surface area contributed by atoms with Crippen molar-refractivity contribution in [1.29, 1.82) is 0 Å². The Morgan fingerprint density at radius 2 is 1.94 bits per heavy atom. The zero-order valence-electron chi connectivity index (χ0n) is 18.1. The van der Waals surface area contributed by atoms with Gasteiger partial charge in [-0.2, -0.15) is 18.3 Å². The molecule has 1 aromatic heterocycles. The van der Waals surface area contributed by atoms with Gasteiger partial charge in [-0.1, -0.05) is 25.5 Å². The number of aromatic amines is 1. The molecule has 2 aliphatic rings. The third-order valence-corrected chi connectivity index (χ3v) is 6.48. The van der Waals surface area contributed by atoms with Crippen molar-refractivity contribution in [1.82, 2.24) is 20.0 Å². The fraction of sp³-hybridized carbons (Fsp3) is 0.565. The number of hydrogen-bond donors (Lipinski definition) is 1. The molecule has 174 valence electrons. The number of carbonyl (C=O) groups is 1. The zero-order chi connectivity index (χ0) is 22.7. The fourth-order valence-corrected chi connectivity index (χ4v) is 4.93. The van der Waals surface area contributed by atoms with Gasteiger partial charge < -0.3 is 9.64 Å². The maximum Gasteiger partial charge on any atom is 0.416 e. The predicted molar refractivity (Wildman–Crippen MR) is 113 cm³/mol. The average molecular weight is 451 g/mol. The van der Waals surface area contributed by atoms with Crippen LogP contribution in [0, 0.1) is 0 Å². The van der Waals surface area contributed by atoms with E-state index >= 15 is 0 Å². The molecule has 1 N–H and O–H groups in total. The highest BCUT2D eigenvalue weighted by Gasteiger charge is 2.42. The van der Waals surface area contributed by atoms with Crippen molar-refractivity contribution in [2.45, 2.75) is 50.4 Å². The van der Waals surface area contributed by atoms with Gasteiger partial charge in [-0.3, -0.25) is 14.8 Å². The second kappa shape index (κ2) is 9.62. The molecule has 2 saturated heterocycles. The fourth-order valence-electron chi connectivity index (χ4n) is 4.93. The Bertz CT molecular complexity index is 893. The lowest BCUT2D eigenvalue weighted by atomic mass is 9.80. The summed E-state index contributed by atoms with van der Waals surface area (Å²) in [5, 5.41) is 7.69. The highest BCUT2D eigenvalue weighted by Crippen LogP contribution is 2.41. The van der Waals surface area contributed by atoms with Gasteiger partial charge in [-0.25, -0.2) is 0 Å². The van der Waals surface area contributed by atoms with Crippen LogP contribution in [0.2, 0.25) is 0 Å². The van der Waals surface area contributed by atoms with Gasteiger partial charge in [0.05, 0.1) is 30.6 Å². The number of aromatic nitrogens is 2. The number of piperidine rings is 1. The summed E-state index contributed by atoms with van der Waals surface area (Å²) in [4.78, 5) is 16.2. The Labute approximate surface area is 185 Å². The van der Waals surface area contributed by atoms with Crippen molar-refractivity contribution in [2.24, 2.45) is 0 Å². The molecule has 6 nitrogen and oxygen atoms in total. The molecule has 2 aromatic rings. The van der Waals surface area contributed by atoms with Crippen molar-refractivity contribution < 1.29 is 22.7 Å². The first-order chi connectivity index (χ1) is 15.4. The molecule has 0 spiro atoms. The van der Waals surface area contributed by atoms with E-state index in [2.05, 4.69) is 28.1 Å². The van der Waals surface area contributed by atoms with Gasteiger partial charge in [0.25, 0.3) is 0 Å². The van der Waals surface area contributed by atoms with Crippen LogP contribution in [-0.4, -0.2) is 65.4 Å². The Kier molecular flexibility index (Phi) is 6.85. The first kappa shape index (κ1) is 22.8. The quantitative estimate of drug-likeness (QED) is 0.681. The molecule has 2 aliphatic heterocycles. The predicted octanol–water partition coefficient (Wildman–Crippen LogP) is 3.77. The minimum absolute atomic E-state index is 0.0544. The molecular formula is C23H29F3N4O2. The summed E-state index contributed by atoms with van der Waals surface area (Å²) in [7, 11) is 0. The maximum absolute atomic E-state index is 13.0. The Morgan fingerprint density at radius 1 is 1.22 bits per heavy atom. The molecule has 0 saturated carbocycles. The van der Waals surface area contributed by atoms with Gasteiger partial charge in [0.2, 0.25) is 6.41 Å². The minimum Gasteiger partial charge on any atom is -0.379 e. The van der Waals surface area contributed by atoms with Crippen molar-refractivity contribution >= 4 is 6.41 Å². The smallest absolute Gasteiger partial charge is 0.379 e. The van der Waals surface area contributed by atoms with Crippen LogP contribution < -0.4 is 0 Å². The lowest BCUT2D eigenvalue weighted by molar-refractivity contribution is -0.137. The zero-order valence-corrected chi connectivity index (χ0v) is 18.1. The molecule has 4 rings (SSSR count). The number of halogens is 3. The van der Waals surface area contributed by atoms with E-state index in [0.717, 1.165) is 61.4 Å². The van der Waals surface area contributed by atoms with E-state index in [-0.39, 0.29) is 18.0 Å². The number of hydrogen-bond acceptors (Lipinski definition) is 4. The summed E-state index contributed by atoms with van der Waals surface area (Å²) in [5.41, 5.74) is 2.09. The van der Waals surface area contributed by atoms with E-state index < -0.39 is 11.7 Å². The van der Waals surface area contributed by atoms with Crippen LogP contribution in [-0.2, 0) is 22.1 Å². The SMILES string of the molecule is CCCc1cc(C2CC(c3ccc(C(F)(F)F)cc3)CN(C=O)C2N2CCOCC2)n[nH]1. The Morgan fingerprint density at radius 3 is 2.56 bits per heavy atom. The van der Waals surface area contributed by atoms with Gasteiger partial charge >= 0.3 is 6.18 Å². The normalized spacial score (nSPS) is 25.1. The number of carbonyl (C=O) groups excluding carboxylic acids is 1. The largest absolute Gasteiger partial charge is 0.416 e. The molecule has 0 radical (unpaired) electrons. The molecule has 2 fully saturated rings. The number of amides is 1. The number of aryl methyl sites for hydroxylation is 1. The van der Waals surface area contributed by atoms with E-state index in [4.69, 9.17) is 4.74 Å². The van der Waals surface area contributed by atoms with E-state index in [1.807, 2.05) is 0 Å². The topological polar surface area (TPSA) is 61.5 Å². The highest BCUT2D eigenvalue weighted by atomic mass is 19.4. The van der Waals surface area contributed by atoms with Crippen LogP contribution in [0.3, 0.4) is 0 Å². The summed E-state index contributed by atoms with van der Waals surface area (Å²) in [5.74, 6) is -0.128. The van der Waals surface area contributed by atoms with Crippen LogP contribution in [0.4, 0.5) is 13.2 Å². The Hall–Kier alpha value is -2.39. The lowest BCUT2D eigenvalue weighted by Gasteiger charge is -2.48. The van der Waals surface area contributed by atoms with E-state index in [9.17, 15) is 18.0 Å². The average Bonchev–Trinajstić information content (AvgIpc) is 3.27. The van der Waals surface area contributed by atoms with Gasteiger partial charge in [0.1, 0.15) is 0 Å². The number of nitrogens with zero attached hydrogens (tertiary/aromatic N) is 3. The van der Waals surface area contributed by atoms with Crippen LogP contribution >= 0.6 is 0 Å². The number of nitrogens with one attached hydrogen (secondary N) is 1. The first-order valence-corrected chi connectivity index (χ1v) is 11.1. The molecule has 3 heterocycles. The summed E-state index contributed by atoms with van der Waals surface area (Å²) in [6, 6.07) is 7.39. The highest BCUT2D eigenvalue weighted by molar-refractivity contribution is 5.49. The van der Waals surface area contributed by atoms with E-state index in [0.29, 0.717) is 26.2 Å². The van der Waals surface area contributed by atoms with Crippen LogP contribution in [0.1, 0.15) is 54.1 Å². The number of alkyl halides is 3. The molecule has 1 aromatic carbocycles. The van der Waals surface area contributed by atoms with Crippen molar-refractivity contribution in [3.05, 3.63) is 52.8 Å². The second-order valence-electron chi connectivity index (χ2n) is 8.59. The van der Waals surface area contributed by atoms with Crippen molar-refractivity contribution in [3.8, 4) is 0 Å². The number of ether oxygens (including phenoxy) is 1. The number of morpholine rings is 1. The molecule has 32 heavy (non-hydrogen) atoms. The molecule has 3 atom stereocenters.